The summed E-state index contributed by atoms with van der Waals surface area (Å²) < 4.78 is 6.60. The minimum Gasteiger partial charge on any atom is -0.461 e. The quantitative estimate of drug-likeness (QED) is 0.641. The smallest absolute Gasteiger partial charge is 0.230 e. The first kappa shape index (κ1) is 15.9. The standard InChI is InChI=1S/C15H21N5O2S/c1-10-4-6-11(7-5-10)17-13(21)9-23-15-19-18-14(20(15)16)12-3-2-8-22-12/h2-3,8,10-11H,4-7,9,16H2,1H3,(H,17,21). The van der Waals surface area contributed by atoms with Crippen molar-refractivity contribution in [1.82, 2.24) is 20.2 Å². The summed E-state index contributed by atoms with van der Waals surface area (Å²) in [6.07, 6.45) is 6.04. The summed E-state index contributed by atoms with van der Waals surface area (Å²) in [5.74, 6) is 8.01. The summed E-state index contributed by atoms with van der Waals surface area (Å²) in [5.41, 5.74) is 0. The predicted molar refractivity (Wildman–Crippen MR) is 88.2 cm³/mol. The maximum atomic E-state index is 12.1. The number of aromatic nitrogens is 3. The third kappa shape index (κ3) is 3.87. The number of carbonyl (C=O) groups excluding carboxylic acids is 1. The lowest BCUT2D eigenvalue weighted by molar-refractivity contribution is -0.119. The lowest BCUT2D eigenvalue weighted by atomic mass is 9.87. The number of thioether (sulfide) groups is 1. The minimum absolute atomic E-state index is 0.0112. The van der Waals surface area contributed by atoms with Gasteiger partial charge in [-0.25, -0.2) is 4.68 Å². The first-order chi connectivity index (χ1) is 11.1. The van der Waals surface area contributed by atoms with E-state index in [2.05, 4.69) is 22.4 Å². The van der Waals surface area contributed by atoms with Gasteiger partial charge in [-0.05, 0) is 43.7 Å². The van der Waals surface area contributed by atoms with Crippen molar-refractivity contribution in [3.05, 3.63) is 18.4 Å². The molecule has 3 rings (SSSR count). The van der Waals surface area contributed by atoms with Gasteiger partial charge in [0.25, 0.3) is 0 Å². The van der Waals surface area contributed by atoms with Crippen LogP contribution < -0.4 is 11.2 Å². The average molecular weight is 335 g/mol. The Morgan fingerprint density at radius 3 is 2.91 bits per heavy atom. The second kappa shape index (κ2) is 7.08. The summed E-state index contributed by atoms with van der Waals surface area (Å²) in [6.45, 7) is 2.26. The fourth-order valence-electron chi connectivity index (χ4n) is 2.75. The van der Waals surface area contributed by atoms with Crippen molar-refractivity contribution in [3.63, 3.8) is 0 Å². The number of nitrogens with two attached hydrogens (primary N) is 1. The van der Waals surface area contributed by atoms with E-state index in [4.69, 9.17) is 10.3 Å². The molecule has 1 aliphatic rings. The van der Waals surface area contributed by atoms with Gasteiger partial charge in [-0.1, -0.05) is 18.7 Å². The highest BCUT2D eigenvalue weighted by atomic mass is 32.2. The van der Waals surface area contributed by atoms with E-state index in [-0.39, 0.29) is 11.7 Å². The summed E-state index contributed by atoms with van der Waals surface area (Å²) in [4.78, 5) is 12.1. The molecule has 1 fully saturated rings. The van der Waals surface area contributed by atoms with Crippen LogP contribution in [0.15, 0.2) is 28.0 Å². The van der Waals surface area contributed by atoms with Gasteiger partial charge in [-0.2, -0.15) is 0 Å². The average Bonchev–Trinajstić information content (AvgIpc) is 3.17. The number of carbonyl (C=O) groups is 1. The van der Waals surface area contributed by atoms with Crippen LogP contribution in [0.2, 0.25) is 0 Å². The monoisotopic (exact) mass is 335 g/mol. The van der Waals surface area contributed by atoms with E-state index in [1.165, 1.54) is 29.3 Å². The van der Waals surface area contributed by atoms with E-state index in [0.29, 0.717) is 22.8 Å². The number of nitrogens with one attached hydrogen (secondary N) is 1. The molecule has 0 bridgehead atoms. The van der Waals surface area contributed by atoms with E-state index < -0.39 is 0 Å². The number of nitrogens with zero attached hydrogens (tertiary/aromatic N) is 3. The Kier molecular flexibility index (Phi) is 4.90. The van der Waals surface area contributed by atoms with E-state index in [9.17, 15) is 4.79 Å². The van der Waals surface area contributed by atoms with Gasteiger partial charge in [0.2, 0.25) is 16.9 Å². The molecule has 0 saturated heterocycles. The van der Waals surface area contributed by atoms with Gasteiger partial charge < -0.3 is 15.6 Å². The van der Waals surface area contributed by atoms with Gasteiger partial charge in [0.1, 0.15) is 0 Å². The van der Waals surface area contributed by atoms with Crippen molar-refractivity contribution >= 4 is 17.7 Å². The summed E-state index contributed by atoms with van der Waals surface area (Å²) in [5, 5.41) is 11.6. The van der Waals surface area contributed by atoms with Crippen LogP contribution in [0.25, 0.3) is 11.6 Å². The first-order valence-corrected chi connectivity index (χ1v) is 8.78. The molecule has 2 aromatic rings. The Bertz CT molecular complexity index is 647. The van der Waals surface area contributed by atoms with Crippen LogP contribution >= 0.6 is 11.8 Å². The van der Waals surface area contributed by atoms with E-state index in [0.717, 1.165) is 18.8 Å². The zero-order valence-corrected chi connectivity index (χ0v) is 13.9. The minimum atomic E-state index is 0.0112. The highest BCUT2D eigenvalue weighted by Crippen LogP contribution is 2.24. The van der Waals surface area contributed by atoms with Crippen molar-refractivity contribution in [2.45, 2.75) is 43.8 Å². The molecule has 0 aromatic carbocycles. The molecule has 1 saturated carbocycles. The predicted octanol–water partition coefficient (Wildman–Crippen LogP) is 2.04. The van der Waals surface area contributed by atoms with E-state index in [1.54, 1.807) is 18.4 Å². The molecule has 0 radical (unpaired) electrons. The molecule has 8 heteroatoms. The molecule has 1 aliphatic carbocycles. The molecule has 124 valence electrons. The number of hydrogen-bond acceptors (Lipinski definition) is 6. The molecule has 2 heterocycles. The van der Waals surface area contributed by atoms with Crippen LogP contribution in [0.4, 0.5) is 0 Å². The Morgan fingerprint density at radius 2 is 2.22 bits per heavy atom. The Hall–Kier alpha value is -1.96. The molecular weight excluding hydrogens is 314 g/mol. The molecule has 0 unspecified atom stereocenters. The van der Waals surface area contributed by atoms with Gasteiger partial charge in [0.05, 0.1) is 12.0 Å². The van der Waals surface area contributed by atoms with Crippen molar-refractivity contribution in [2.24, 2.45) is 5.92 Å². The molecule has 7 nitrogen and oxygen atoms in total. The molecule has 23 heavy (non-hydrogen) atoms. The second-order valence-corrected chi connectivity index (χ2v) is 6.91. The second-order valence-electron chi connectivity index (χ2n) is 5.97. The maximum Gasteiger partial charge on any atom is 0.230 e. The van der Waals surface area contributed by atoms with Crippen LogP contribution in [0, 0.1) is 5.92 Å². The topological polar surface area (TPSA) is 99.0 Å². The van der Waals surface area contributed by atoms with Crippen LogP contribution in [0.1, 0.15) is 32.6 Å². The first-order valence-electron chi connectivity index (χ1n) is 7.80. The molecule has 1 amide bonds. The van der Waals surface area contributed by atoms with Crippen LogP contribution in [-0.2, 0) is 4.79 Å². The number of hydrogen-bond donors (Lipinski definition) is 2. The van der Waals surface area contributed by atoms with Crippen molar-refractivity contribution < 1.29 is 9.21 Å². The lowest BCUT2D eigenvalue weighted by Gasteiger charge is -2.26. The van der Waals surface area contributed by atoms with Crippen molar-refractivity contribution in [3.8, 4) is 11.6 Å². The Labute approximate surface area is 139 Å². The highest BCUT2D eigenvalue weighted by molar-refractivity contribution is 7.99. The van der Waals surface area contributed by atoms with Gasteiger partial charge >= 0.3 is 0 Å². The van der Waals surface area contributed by atoms with Crippen LogP contribution in [0.5, 0.6) is 0 Å². The summed E-state index contributed by atoms with van der Waals surface area (Å²) >= 11 is 1.27. The SMILES string of the molecule is CC1CCC(NC(=O)CSc2nnc(-c3ccco3)n2N)CC1. The number of furan rings is 1. The van der Waals surface area contributed by atoms with Gasteiger partial charge in [-0.3, -0.25) is 4.79 Å². The van der Waals surface area contributed by atoms with Crippen molar-refractivity contribution in [1.29, 1.82) is 0 Å². The van der Waals surface area contributed by atoms with Gasteiger partial charge in [-0.15, -0.1) is 10.2 Å². The molecule has 3 N–H and O–H groups in total. The largest absolute Gasteiger partial charge is 0.461 e. The number of amides is 1. The van der Waals surface area contributed by atoms with Gasteiger partial charge in [0.15, 0.2) is 5.76 Å². The molecule has 0 atom stereocenters. The molecule has 2 aromatic heterocycles. The van der Waals surface area contributed by atoms with E-state index in [1.807, 2.05) is 0 Å². The third-order valence-corrected chi connectivity index (χ3v) is 5.06. The fourth-order valence-corrected chi connectivity index (χ4v) is 3.42. The lowest BCUT2D eigenvalue weighted by Crippen LogP contribution is -2.38. The van der Waals surface area contributed by atoms with E-state index >= 15 is 0 Å². The Morgan fingerprint density at radius 1 is 1.43 bits per heavy atom. The van der Waals surface area contributed by atoms with Gasteiger partial charge in [0, 0.05) is 6.04 Å². The van der Waals surface area contributed by atoms with Crippen LogP contribution in [0.3, 0.4) is 0 Å². The maximum absolute atomic E-state index is 12.1. The summed E-state index contributed by atoms with van der Waals surface area (Å²) in [6, 6.07) is 3.82. The van der Waals surface area contributed by atoms with Crippen LogP contribution in [-0.4, -0.2) is 32.6 Å². The summed E-state index contributed by atoms with van der Waals surface area (Å²) in [7, 11) is 0. The molecule has 0 aliphatic heterocycles. The zero-order valence-electron chi connectivity index (χ0n) is 13.1. The number of nitrogen functional groups attached to an aromatic ring is 1. The molecule has 0 spiro atoms. The highest BCUT2D eigenvalue weighted by Gasteiger charge is 2.20. The Balaban J connectivity index is 1.51. The number of rotatable bonds is 5. The normalized spacial score (nSPS) is 21.3. The third-order valence-electron chi connectivity index (χ3n) is 4.12. The zero-order chi connectivity index (χ0) is 16.2. The molecular formula is C15H21N5O2S. The fraction of sp³-hybridized carbons (Fsp3) is 0.533. The van der Waals surface area contributed by atoms with Crippen molar-refractivity contribution in [2.75, 3.05) is 11.6 Å².